The number of rotatable bonds is 4. The standard InChI is InChI=1S/C34H14Br8O9/c35-17-1-11(2-18(36)29(17)45)15-9-25(43)49-33(15)27(13-5-21(39)31(47)22(40)6-13)28(14-7-23(41)32(48)24(42)8-14)34(51-33)16(10-26(44)50-34)12-3-19(37)30(46)20(38)4-12/h1-10,45-48H/t33-,34-/m1/s1. The first-order valence-corrected chi connectivity index (χ1v) is 20.4. The van der Waals surface area contributed by atoms with Gasteiger partial charge >= 0.3 is 11.9 Å². The van der Waals surface area contributed by atoms with Gasteiger partial charge in [0.1, 0.15) is 23.0 Å². The molecule has 0 bridgehead atoms. The number of benzene rings is 4. The fourth-order valence-electron chi connectivity index (χ4n) is 6.11. The molecule has 260 valence electrons. The van der Waals surface area contributed by atoms with Crippen LogP contribution in [0.3, 0.4) is 0 Å². The zero-order valence-corrected chi connectivity index (χ0v) is 37.3. The van der Waals surface area contributed by atoms with E-state index in [1.807, 2.05) is 0 Å². The maximum atomic E-state index is 13.6. The number of hydrogen-bond acceptors (Lipinski definition) is 9. The van der Waals surface area contributed by atoms with Crippen LogP contribution in [0.1, 0.15) is 22.3 Å². The van der Waals surface area contributed by atoms with E-state index in [9.17, 15) is 30.0 Å². The average Bonchev–Trinajstić information content (AvgIpc) is 3.67. The molecule has 4 aromatic rings. The number of phenolic OH excluding ortho intramolecular Hbond substituents is 4. The number of hydrogen-bond donors (Lipinski definition) is 4. The summed E-state index contributed by atoms with van der Waals surface area (Å²) in [5.41, 5.74) is 2.17. The van der Waals surface area contributed by atoms with Gasteiger partial charge in [0.05, 0.1) is 35.8 Å². The molecule has 3 aliphatic heterocycles. The quantitative estimate of drug-likeness (QED) is 0.147. The molecular formula is C34H14Br8O9. The van der Waals surface area contributed by atoms with Crippen LogP contribution >= 0.6 is 127 Å². The zero-order chi connectivity index (χ0) is 36.9. The Morgan fingerprint density at radius 3 is 0.902 bits per heavy atom. The van der Waals surface area contributed by atoms with Crippen LogP contribution in [0, 0.1) is 0 Å². The van der Waals surface area contributed by atoms with Crippen LogP contribution in [0.5, 0.6) is 23.0 Å². The van der Waals surface area contributed by atoms with Gasteiger partial charge in [-0.25, -0.2) is 9.59 Å². The van der Waals surface area contributed by atoms with Gasteiger partial charge in [0, 0.05) is 34.4 Å². The lowest BCUT2D eigenvalue weighted by atomic mass is 9.81. The Kier molecular flexibility index (Phi) is 9.82. The van der Waals surface area contributed by atoms with Crippen molar-refractivity contribution in [2.75, 3.05) is 0 Å². The summed E-state index contributed by atoms with van der Waals surface area (Å²) in [4.78, 5) is 27.2. The van der Waals surface area contributed by atoms with Gasteiger partial charge in [-0.2, -0.15) is 0 Å². The minimum absolute atomic E-state index is 0.0949. The van der Waals surface area contributed by atoms with Gasteiger partial charge in [-0.3, -0.25) is 4.74 Å². The van der Waals surface area contributed by atoms with Crippen molar-refractivity contribution in [3.63, 3.8) is 0 Å². The summed E-state index contributed by atoms with van der Waals surface area (Å²) >= 11 is 27.2. The Hall–Kier alpha value is -1.96. The lowest BCUT2D eigenvalue weighted by molar-refractivity contribution is -0.232. The zero-order valence-electron chi connectivity index (χ0n) is 24.6. The molecule has 7 rings (SSSR count). The normalized spacial score (nSPS) is 21.1. The second kappa shape index (κ2) is 13.4. The Morgan fingerprint density at radius 1 is 0.412 bits per heavy atom. The molecule has 2 spiro atoms. The van der Waals surface area contributed by atoms with E-state index in [2.05, 4.69) is 127 Å². The van der Waals surface area contributed by atoms with Crippen molar-refractivity contribution in [3.05, 3.63) is 119 Å². The smallest absolute Gasteiger partial charge is 0.334 e. The third-order valence-electron chi connectivity index (χ3n) is 8.18. The minimum Gasteiger partial charge on any atom is -0.506 e. The maximum absolute atomic E-state index is 13.6. The SMILES string of the molecule is O=C1C=C(c2cc(Br)c(O)c(Br)c2)[C@@]2(O1)O[C@@]1(OC(=O)C=C1c1cc(Br)c(O)c(Br)c1)C(c1cc(Br)c(O)c(Br)c1)=C2c1cc(Br)c(O)c(Br)c1. The number of halogens is 8. The summed E-state index contributed by atoms with van der Waals surface area (Å²) in [6.45, 7) is 0. The summed E-state index contributed by atoms with van der Waals surface area (Å²) in [5.74, 6) is -6.34. The lowest BCUT2D eigenvalue weighted by Gasteiger charge is -2.34. The van der Waals surface area contributed by atoms with Gasteiger partial charge in [-0.15, -0.1) is 0 Å². The van der Waals surface area contributed by atoms with Crippen LogP contribution in [0.2, 0.25) is 0 Å². The molecule has 0 radical (unpaired) electrons. The van der Waals surface area contributed by atoms with E-state index in [0.29, 0.717) is 22.3 Å². The van der Waals surface area contributed by atoms with Crippen LogP contribution in [0.4, 0.5) is 0 Å². The molecule has 0 aliphatic carbocycles. The predicted molar refractivity (Wildman–Crippen MR) is 216 cm³/mol. The van der Waals surface area contributed by atoms with Gasteiger partial charge < -0.3 is 29.9 Å². The van der Waals surface area contributed by atoms with Crippen LogP contribution in [0.15, 0.2) is 96.5 Å². The van der Waals surface area contributed by atoms with Gasteiger partial charge in [0.15, 0.2) is 0 Å². The molecule has 2 atom stereocenters. The minimum atomic E-state index is -2.16. The molecule has 0 amide bonds. The van der Waals surface area contributed by atoms with E-state index in [1.165, 1.54) is 12.2 Å². The fourth-order valence-corrected chi connectivity index (χ4v) is 10.9. The number of carbonyl (C=O) groups excluding carboxylic acids is 2. The summed E-state index contributed by atoms with van der Waals surface area (Å²) < 4.78 is 21.7. The Bertz CT molecular complexity index is 2130. The van der Waals surface area contributed by atoms with Crippen molar-refractivity contribution in [3.8, 4) is 23.0 Å². The topological polar surface area (TPSA) is 143 Å². The Labute approximate surface area is 355 Å². The van der Waals surface area contributed by atoms with Gasteiger partial charge in [0.25, 0.3) is 11.6 Å². The monoisotopic (exact) mass is 1200 g/mol. The van der Waals surface area contributed by atoms with E-state index >= 15 is 0 Å². The predicted octanol–water partition coefficient (Wildman–Crippen LogP) is 11.2. The largest absolute Gasteiger partial charge is 0.506 e. The van der Waals surface area contributed by atoms with E-state index in [-0.39, 0.29) is 81.1 Å². The third kappa shape index (κ3) is 6.02. The third-order valence-corrected chi connectivity index (χ3v) is 13.0. The highest BCUT2D eigenvalue weighted by Gasteiger charge is 2.67. The van der Waals surface area contributed by atoms with E-state index in [1.54, 1.807) is 48.5 Å². The first-order chi connectivity index (χ1) is 24.0. The molecule has 0 fully saturated rings. The molecule has 3 aliphatic rings. The number of phenols is 4. The van der Waals surface area contributed by atoms with Crippen molar-refractivity contribution in [2.45, 2.75) is 11.6 Å². The molecule has 0 saturated carbocycles. The maximum Gasteiger partial charge on any atom is 0.334 e. The summed E-state index contributed by atoms with van der Waals surface area (Å²) in [6, 6.07) is 12.6. The van der Waals surface area contributed by atoms with Crippen molar-refractivity contribution < 1.29 is 44.2 Å². The second-order valence-electron chi connectivity index (χ2n) is 11.2. The van der Waals surface area contributed by atoms with Crippen molar-refractivity contribution in [1.82, 2.24) is 0 Å². The first-order valence-electron chi connectivity index (χ1n) is 14.1. The van der Waals surface area contributed by atoms with E-state index < -0.39 is 23.5 Å². The molecule has 17 heteroatoms. The molecule has 9 nitrogen and oxygen atoms in total. The molecule has 0 unspecified atom stereocenters. The number of aromatic hydroxyl groups is 4. The van der Waals surface area contributed by atoms with Crippen molar-refractivity contribution in [2.24, 2.45) is 0 Å². The van der Waals surface area contributed by atoms with Crippen molar-refractivity contribution >= 4 is 162 Å². The van der Waals surface area contributed by atoms with Crippen LogP contribution in [-0.4, -0.2) is 43.9 Å². The van der Waals surface area contributed by atoms with Gasteiger partial charge in [-0.05, 0) is 198 Å². The van der Waals surface area contributed by atoms with E-state index in [4.69, 9.17) is 14.2 Å². The number of esters is 2. The van der Waals surface area contributed by atoms with E-state index in [0.717, 1.165) is 0 Å². The molecule has 3 heterocycles. The van der Waals surface area contributed by atoms with Crippen LogP contribution in [-0.2, 0) is 23.8 Å². The molecule has 4 aromatic carbocycles. The van der Waals surface area contributed by atoms with Crippen LogP contribution < -0.4 is 0 Å². The Balaban J connectivity index is 1.67. The highest BCUT2D eigenvalue weighted by atomic mass is 79.9. The highest BCUT2D eigenvalue weighted by molar-refractivity contribution is 9.12. The van der Waals surface area contributed by atoms with Crippen LogP contribution in [0.25, 0.3) is 22.3 Å². The van der Waals surface area contributed by atoms with Gasteiger partial charge in [0.2, 0.25) is 0 Å². The molecule has 0 saturated heterocycles. The number of ether oxygens (including phenoxy) is 3. The first kappa shape index (κ1) is 37.4. The summed E-state index contributed by atoms with van der Waals surface area (Å²) in [6.07, 6.45) is 2.48. The number of carbonyl (C=O) groups is 2. The summed E-state index contributed by atoms with van der Waals surface area (Å²) in [7, 11) is 0. The fraction of sp³-hybridized carbons (Fsp3) is 0.0588. The van der Waals surface area contributed by atoms with Crippen molar-refractivity contribution in [1.29, 1.82) is 0 Å². The highest BCUT2D eigenvalue weighted by Crippen LogP contribution is 2.65. The summed E-state index contributed by atoms with van der Waals surface area (Å²) in [5, 5.41) is 42.7. The molecular weight excluding hydrogens is 1190 g/mol. The molecule has 0 aromatic heterocycles. The molecule has 51 heavy (non-hydrogen) atoms. The van der Waals surface area contributed by atoms with Gasteiger partial charge in [-0.1, -0.05) is 0 Å². The lowest BCUT2D eigenvalue weighted by Crippen LogP contribution is -2.41. The molecule has 4 N–H and O–H groups in total. The average molecular weight is 1210 g/mol. The second-order valence-corrected chi connectivity index (χ2v) is 18.0. The Morgan fingerprint density at radius 2 is 0.647 bits per heavy atom.